The standard InChI is InChI=1S/C14H21N3O2/c1-15(2)14(19)17-8-6-16(7-9-17)11-12-4-3-5-13(18)10-12/h3-5,10,18H,6-9,11H2,1-2H3. The summed E-state index contributed by atoms with van der Waals surface area (Å²) in [6.45, 7) is 4.08. The Morgan fingerprint density at radius 1 is 1.26 bits per heavy atom. The third kappa shape index (κ3) is 3.61. The summed E-state index contributed by atoms with van der Waals surface area (Å²) >= 11 is 0. The number of benzene rings is 1. The highest BCUT2D eigenvalue weighted by molar-refractivity contribution is 5.73. The van der Waals surface area contributed by atoms with Crippen LogP contribution in [0.3, 0.4) is 0 Å². The molecule has 0 saturated carbocycles. The van der Waals surface area contributed by atoms with Crippen LogP contribution in [0.2, 0.25) is 0 Å². The van der Waals surface area contributed by atoms with E-state index in [1.807, 2.05) is 17.0 Å². The van der Waals surface area contributed by atoms with E-state index >= 15 is 0 Å². The summed E-state index contributed by atoms with van der Waals surface area (Å²) < 4.78 is 0. The van der Waals surface area contributed by atoms with Gasteiger partial charge >= 0.3 is 6.03 Å². The van der Waals surface area contributed by atoms with E-state index in [0.29, 0.717) is 5.75 Å². The van der Waals surface area contributed by atoms with Gasteiger partial charge in [0.25, 0.3) is 0 Å². The maximum atomic E-state index is 11.8. The van der Waals surface area contributed by atoms with Crippen molar-refractivity contribution in [2.24, 2.45) is 0 Å². The number of hydrogen-bond acceptors (Lipinski definition) is 3. The SMILES string of the molecule is CN(C)C(=O)N1CCN(Cc2cccc(O)c2)CC1. The molecule has 5 heteroatoms. The van der Waals surface area contributed by atoms with Gasteiger partial charge in [0, 0.05) is 46.8 Å². The van der Waals surface area contributed by atoms with Crippen molar-refractivity contribution in [1.82, 2.24) is 14.7 Å². The first-order chi connectivity index (χ1) is 9.06. The molecule has 1 aliphatic rings. The molecule has 0 radical (unpaired) electrons. The van der Waals surface area contributed by atoms with Crippen LogP contribution in [-0.4, -0.2) is 66.1 Å². The molecular formula is C14H21N3O2. The number of aromatic hydroxyl groups is 1. The van der Waals surface area contributed by atoms with Crippen molar-refractivity contribution in [1.29, 1.82) is 0 Å². The predicted octanol–water partition coefficient (Wildman–Crippen LogP) is 1.19. The Hall–Kier alpha value is -1.75. The normalized spacial score (nSPS) is 16.4. The maximum Gasteiger partial charge on any atom is 0.319 e. The summed E-state index contributed by atoms with van der Waals surface area (Å²) in [4.78, 5) is 17.6. The zero-order chi connectivity index (χ0) is 13.8. The number of nitrogens with zero attached hydrogens (tertiary/aromatic N) is 3. The molecule has 1 aromatic rings. The maximum absolute atomic E-state index is 11.8. The molecule has 5 nitrogen and oxygen atoms in total. The van der Waals surface area contributed by atoms with Crippen molar-refractivity contribution in [2.45, 2.75) is 6.54 Å². The van der Waals surface area contributed by atoms with Crippen LogP contribution in [0.25, 0.3) is 0 Å². The summed E-state index contributed by atoms with van der Waals surface area (Å²) in [6.07, 6.45) is 0. The van der Waals surface area contributed by atoms with E-state index in [4.69, 9.17) is 0 Å². The highest BCUT2D eigenvalue weighted by Crippen LogP contribution is 2.14. The summed E-state index contributed by atoms with van der Waals surface area (Å²) in [7, 11) is 3.56. The van der Waals surface area contributed by atoms with Gasteiger partial charge in [-0.1, -0.05) is 12.1 Å². The molecule has 0 aliphatic carbocycles. The Kier molecular flexibility index (Phi) is 4.27. The van der Waals surface area contributed by atoms with Crippen molar-refractivity contribution in [2.75, 3.05) is 40.3 Å². The molecule has 0 aromatic heterocycles. The van der Waals surface area contributed by atoms with Gasteiger partial charge in [0.05, 0.1) is 0 Å². The van der Waals surface area contributed by atoms with Crippen molar-refractivity contribution >= 4 is 6.03 Å². The van der Waals surface area contributed by atoms with Crippen LogP contribution in [0.5, 0.6) is 5.75 Å². The average Bonchev–Trinajstić information content (AvgIpc) is 2.39. The predicted molar refractivity (Wildman–Crippen MR) is 74.0 cm³/mol. The minimum atomic E-state index is 0.0806. The van der Waals surface area contributed by atoms with Gasteiger partial charge in [-0.15, -0.1) is 0 Å². The molecule has 1 N–H and O–H groups in total. The van der Waals surface area contributed by atoms with Gasteiger partial charge in [-0.3, -0.25) is 4.90 Å². The minimum Gasteiger partial charge on any atom is -0.508 e. The van der Waals surface area contributed by atoms with E-state index in [-0.39, 0.29) is 6.03 Å². The van der Waals surface area contributed by atoms with Crippen LogP contribution in [-0.2, 0) is 6.54 Å². The second kappa shape index (κ2) is 5.93. The van der Waals surface area contributed by atoms with Crippen molar-refractivity contribution in [3.8, 4) is 5.75 Å². The van der Waals surface area contributed by atoms with Crippen LogP contribution >= 0.6 is 0 Å². The summed E-state index contributed by atoms with van der Waals surface area (Å²) in [5.41, 5.74) is 1.10. The number of piperazine rings is 1. The average molecular weight is 263 g/mol. The van der Waals surface area contributed by atoms with Crippen LogP contribution < -0.4 is 0 Å². The van der Waals surface area contributed by atoms with E-state index in [9.17, 15) is 9.90 Å². The first kappa shape index (κ1) is 13.7. The molecule has 1 heterocycles. The number of carbonyl (C=O) groups is 1. The van der Waals surface area contributed by atoms with Gasteiger partial charge in [0.15, 0.2) is 0 Å². The lowest BCUT2D eigenvalue weighted by molar-refractivity contribution is 0.120. The van der Waals surface area contributed by atoms with Gasteiger partial charge in [-0.05, 0) is 17.7 Å². The van der Waals surface area contributed by atoms with E-state index < -0.39 is 0 Å². The summed E-state index contributed by atoms with van der Waals surface area (Å²) in [5, 5.41) is 9.44. The Morgan fingerprint density at radius 3 is 2.53 bits per heavy atom. The highest BCUT2D eigenvalue weighted by atomic mass is 16.3. The molecule has 2 amide bonds. The van der Waals surface area contributed by atoms with E-state index in [1.165, 1.54) is 0 Å². The molecule has 1 fully saturated rings. The zero-order valence-corrected chi connectivity index (χ0v) is 11.5. The second-order valence-corrected chi connectivity index (χ2v) is 5.11. The van der Waals surface area contributed by atoms with Crippen LogP contribution in [0.15, 0.2) is 24.3 Å². The van der Waals surface area contributed by atoms with Gasteiger partial charge in [-0.2, -0.15) is 0 Å². The second-order valence-electron chi connectivity index (χ2n) is 5.11. The molecule has 19 heavy (non-hydrogen) atoms. The third-order valence-corrected chi connectivity index (χ3v) is 3.34. The molecule has 2 rings (SSSR count). The number of rotatable bonds is 2. The monoisotopic (exact) mass is 263 g/mol. The van der Waals surface area contributed by atoms with Crippen LogP contribution in [0, 0.1) is 0 Å². The first-order valence-electron chi connectivity index (χ1n) is 6.53. The lowest BCUT2D eigenvalue weighted by Gasteiger charge is -2.35. The molecule has 1 aliphatic heterocycles. The summed E-state index contributed by atoms with van der Waals surface area (Å²) in [6, 6.07) is 7.42. The highest BCUT2D eigenvalue weighted by Gasteiger charge is 2.21. The van der Waals surface area contributed by atoms with E-state index in [0.717, 1.165) is 38.3 Å². The smallest absolute Gasteiger partial charge is 0.319 e. The fourth-order valence-corrected chi connectivity index (χ4v) is 2.29. The molecule has 104 valence electrons. The van der Waals surface area contributed by atoms with Crippen molar-refractivity contribution in [3.63, 3.8) is 0 Å². The number of urea groups is 1. The number of carbonyl (C=O) groups excluding carboxylic acids is 1. The Bertz CT molecular complexity index is 440. The third-order valence-electron chi connectivity index (χ3n) is 3.34. The number of phenols is 1. The fraction of sp³-hybridized carbons (Fsp3) is 0.500. The minimum absolute atomic E-state index is 0.0806. The van der Waals surface area contributed by atoms with Gasteiger partial charge < -0.3 is 14.9 Å². The molecule has 0 spiro atoms. The zero-order valence-electron chi connectivity index (χ0n) is 11.5. The molecule has 0 unspecified atom stereocenters. The number of hydrogen-bond donors (Lipinski definition) is 1. The quantitative estimate of drug-likeness (QED) is 0.872. The van der Waals surface area contributed by atoms with Crippen molar-refractivity contribution < 1.29 is 9.90 Å². The molecule has 1 aromatic carbocycles. The Labute approximate surface area is 114 Å². The van der Waals surface area contributed by atoms with E-state index in [2.05, 4.69) is 4.90 Å². The lowest BCUT2D eigenvalue weighted by atomic mass is 10.2. The Balaban J connectivity index is 1.85. The largest absolute Gasteiger partial charge is 0.508 e. The number of phenolic OH excluding ortho intramolecular Hbond substituents is 1. The number of amides is 2. The van der Waals surface area contributed by atoms with E-state index in [1.54, 1.807) is 31.1 Å². The topological polar surface area (TPSA) is 47.0 Å². The first-order valence-corrected chi connectivity index (χ1v) is 6.53. The Morgan fingerprint density at radius 2 is 1.95 bits per heavy atom. The van der Waals surface area contributed by atoms with Crippen molar-refractivity contribution in [3.05, 3.63) is 29.8 Å². The van der Waals surface area contributed by atoms with Crippen LogP contribution in [0.1, 0.15) is 5.56 Å². The fourth-order valence-electron chi connectivity index (χ4n) is 2.29. The van der Waals surface area contributed by atoms with Gasteiger partial charge in [0.2, 0.25) is 0 Å². The molecule has 1 saturated heterocycles. The summed E-state index contributed by atoms with van der Waals surface area (Å²) in [5.74, 6) is 0.305. The van der Waals surface area contributed by atoms with Gasteiger partial charge in [0.1, 0.15) is 5.75 Å². The molecule has 0 bridgehead atoms. The lowest BCUT2D eigenvalue weighted by Crippen LogP contribution is -2.51. The van der Waals surface area contributed by atoms with Gasteiger partial charge in [-0.25, -0.2) is 4.79 Å². The van der Waals surface area contributed by atoms with Crippen LogP contribution in [0.4, 0.5) is 4.79 Å². The molecular weight excluding hydrogens is 242 g/mol. The molecule has 0 atom stereocenters.